The third kappa shape index (κ3) is 6.99. The molecule has 1 atom stereocenters. The molecule has 10 nitrogen and oxygen atoms in total. The molecule has 3 heterocycles. The van der Waals surface area contributed by atoms with E-state index in [9.17, 15) is 9.59 Å². The van der Waals surface area contributed by atoms with Crippen molar-refractivity contribution in [2.24, 2.45) is 5.10 Å². The lowest BCUT2D eigenvalue weighted by Crippen LogP contribution is -2.28. The molecule has 5 aromatic rings. The molecule has 0 spiro atoms. The molecule has 0 fully saturated rings. The van der Waals surface area contributed by atoms with Crippen molar-refractivity contribution in [3.63, 3.8) is 0 Å². The highest BCUT2D eigenvalue weighted by Crippen LogP contribution is 2.35. The fraction of sp³-hybridized carbons (Fsp3) is 0.250. The van der Waals surface area contributed by atoms with Crippen molar-refractivity contribution in [1.29, 1.82) is 0 Å². The minimum Gasteiger partial charge on any atom is -0.493 e. The van der Waals surface area contributed by atoms with Gasteiger partial charge in [0.2, 0.25) is 0 Å². The van der Waals surface area contributed by atoms with Crippen LogP contribution in [0.3, 0.4) is 0 Å². The largest absolute Gasteiger partial charge is 0.493 e. The van der Waals surface area contributed by atoms with E-state index in [2.05, 4.69) is 45.8 Å². The zero-order valence-corrected chi connectivity index (χ0v) is 29.0. The minimum absolute atomic E-state index is 0.102. The Hall–Kier alpha value is -4.94. The van der Waals surface area contributed by atoms with E-state index in [4.69, 9.17) is 14.6 Å². The number of thioether (sulfide) groups is 1. The molecule has 12 heteroatoms. The van der Waals surface area contributed by atoms with Crippen molar-refractivity contribution in [1.82, 2.24) is 25.1 Å². The monoisotopic (exact) mass is 680 g/mol. The van der Waals surface area contributed by atoms with Crippen molar-refractivity contribution in [2.45, 2.75) is 44.9 Å². The van der Waals surface area contributed by atoms with Gasteiger partial charge in [-0.25, -0.2) is 5.01 Å². The number of nitrogens with zero attached hydrogens (tertiary/aromatic N) is 5. The predicted octanol–water partition coefficient (Wildman–Crippen LogP) is 6.67. The number of benzene rings is 3. The second kappa shape index (κ2) is 14.4. The summed E-state index contributed by atoms with van der Waals surface area (Å²) in [6.45, 7) is 6.19. The highest BCUT2D eigenvalue weighted by molar-refractivity contribution is 7.99. The van der Waals surface area contributed by atoms with Crippen molar-refractivity contribution in [2.75, 3.05) is 20.0 Å². The summed E-state index contributed by atoms with van der Waals surface area (Å²) in [6, 6.07) is 23.2. The van der Waals surface area contributed by atoms with E-state index >= 15 is 0 Å². The van der Waals surface area contributed by atoms with Gasteiger partial charge in [-0.15, -0.1) is 21.5 Å². The Morgan fingerprint density at radius 2 is 1.71 bits per heavy atom. The smallest absolute Gasteiger partial charge is 0.253 e. The Labute approximate surface area is 287 Å². The molecular formula is C36H36N6O4S2. The van der Waals surface area contributed by atoms with E-state index in [-0.39, 0.29) is 30.2 Å². The third-order valence-electron chi connectivity index (χ3n) is 8.12. The summed E-state index contributed by atoms with van der Waals surface area (Å²) >= 11 is 2.92. The Kier molecular flexibility index (Phi) is 9.93. The van der Waals surface area contributed by atoms with E-state index in [1.165, 1.54) is 18.9 Å². The van der Waals surface area contributed by atoms with Gasteiger partial charge in [0.25, 0.3) is 11.8 Å². The molecule has 0 aliphatic carbocycles. The quantitative estimate of drug-likeness (QED) is 0.155. The van der Waals surface area contributed by atoms with Crippen LogP contribution in [-0.4, -0.2) is 57.3 Å². The summed E-state index contributed by atoms with van der Waals surface area (Å²) in [7, 11) is 3.07. The molecule has 2 amide bonds. The molecule has 1 N–H and O–H groups in total. The molecule has 246 valence electrons. The van der Waals surface area contributed by atoms with Gasteiger partial charge >= 0.3 is 0 Å². The van der Waals surface area contributed by atoms with E-state index in [1.54, 1.807) is 41.7 Å². The van der Waals surface area contributed by atoms with Gasteiger partial charge in [0, 0.05) is 12.0 Å². The zero-order valence-electron chi connectivity index (χ0n) is 27.4. The fourth-order valence-electron chi connectivity index (χ4n) is 5.52. The second-order valence-electron chi connectivity index (χ2n) is 11.5. The predicted molar refractivity (Wildman–Crippen MR) is 189 cm³/mol. The molecule has 48 heavy (non-hydrogen) atoms. The standard InChI is InChI=1S/C36H36N6O4S2/c1-22-9-12-25(13-10-22)29-19-27(32-7-6-16-47-32)40-42(29)34(43)21-48-36-39-38-33(41(36)28-17-23(2)8-11-24(28)3)20-37-35(44)26-14-15-30(45-4)31(18-26)46-5/h6-18,29H,19-21H2,1-5H3,(H,37,44)/t29-/m0/s1. The van der Waals surface area contributed by atoms with Crippen LogP contribution in [-0.2, 0) is 11.3 Å². The lowest BCUT2D eigenvalue weighted by molar-refractivity contribution is -0.130. The maximum absolute atomic E-state index is 13.9. The van der Waals surface area contributed by atoms with E-state index in [0.29, 0.717) is 34.5 Å². The summed E-state index contributed by atoms with van der Waals surface area (Å²) < 4.78 is 12.6. The topological polar surface area (TPSA) is 111 Å². The van der Waals surface area contributed by atoms with Gasteiger partial charge in [-0.05, 0) is 73.2 Å². The van der Waals surface area contributed by atoms with Crippen LogP contribution in [0.5, 0.6) is 11.5 Å². The molecule has 1 aliphatic heterocycles. The minimum atomic E-state index is -0.300. The number of aryl methyl sites for hydroxylation is 3. The summed E-state index contributed by atoms with van der Waals surface area (Å²) in [5.41, 5.74) is 6.46. The van der Waals surface area contributed by atoms with Gasteiger partial charge < -0.3 is 14.8 Å². The van der Waals surface area contributed by atoms with Crippen LogP contribution in [0.15, 0.2) is 88.4 Å². The maximum atomic E-state index is 13.9. The van der Waals surface area contributed by atoms with E-state index < -0.39 is 0 Å². The Morgan fingerprint density at radius 3 is 2.44 bits per heavy atom. The first kappa shape index (κ1) is 33.0. The summed E-state index contributed by atoms with van der Waals surface area (Å²) in [5.74, 6) is 1.20. The number of methoxy groups -OCH3 is 2. The number of hydrazone groups is 1. The van der Waals surface area contributed by atoms with Crippen molar-refractivity contribution in [3.05, 3.63) is 117 Å². The molecule has 0 radical (unpaired) electrons. The number of hydrogen-bond donors (Lipinski definition) is 1. The van der Waals surface area contributed by atoms with Crippen LogP contribution >= 0.6 is 23.1 Å². The number of amides is 2. The summed E-state index contributed by atoms with van der Waals surface area (Å²) in [6.07, 6.45) is 0.641. The van der Waals surface area contributed by atoms with Crippen molar-refractivity contribution >= 4 is 40.6 Å². The third-order valence-corrected chi connectivity index (χ3v) is 9.95. The first-order chi connectivity index (χ1) is 23.2. The van der Waals surface area contributed by atoms with Crippen LogP contribution in [0.4, 0.5) is 0 Å². The molecule has 6 rings (SSSR count). The van der Waals surface area contributed by atoms with Gasteiger partial charge in [0.05, 0.1) is 48.8 Å². The van der Waals surface area contributed by atoms with E-state index in [1.807, 2.05) is 55.0 Å². The number of carbonyl (C=O) groups is 2. The van der Waals surface area contributed by atoms with Gasteiger partial charge in [-0.3, -0.25) is 14.2 Å². The Morgan fingerprint density at radius 1 is 0.938 bits per heavy atom. The number of rotatable bonds is 11. The molecule has 3 aromatic carbocycles. The lowest BCUT2D eigenvalue weighted by Gasteiger charge is -2.22. The number of ether oxygens (including phenoxy) is 2. The summed E-state index contributed by atoms with van der Waals surface area (Å²) in [5, 5.41) is 20.9. The maximum Gasteiger partial charge on any atom is 0.253 e. The van der Waals surface area contributed by atoms with Crippen LogP contribution in [0, 0.1) is 20.8 Å². The van der Waals surface area contributed by atoms with Crippen LogP contribution in [0.1, 0.15) is 55.8 Å². The Balaban J connectivity index is 1.25. The van der Waals surface area contributed by atoms with Gasteiger partial charge in [-0.2, -0.15) is 5.10 Å². The molecule has 2 aromatic heterocycles. The Bertz CT molecular complexity index is 1970. The number of carbonyl (C=O) groups excluding carboxylic acids is 2. The zero-order chi connectivity index (χ0) is 33.8. The molecule has 1 aliphatic rings. The first-order valence-corrected chi connectivity index (χ1v) is 17.3. The van der Waals surface area contributed by atoms with Crippen LogP contribution < -0.4 is 14.8 Å². The number of aromatic nitrogens is 3. The molecule has 0 unspecified atom stereocenters. The SMILES string of the molecule is COc1ccc(C(=O)NCc2nnc(SCC(=O)N3N=C(c4cccs4)C[C@H]3c3ccc(C)cc3)n2-c2cc(C)ccc2C)cc1OC. The normalized spacial score (nSPS) is 14.1. The van der Waals surface area contributed by atoms with Crippen LogP contribution in [0.25, 0.3) is 5.69 Å². The van der Waals surface area contributed by atoms with Gasteiger partial charge in [-0.1, -0.05) is 59.8 Å². The van der Waals surface area contributed by atoms with E-state index in [0.717, 1.165) is 38.5 Å². The van der Waals surface area contributed by atoms with Crippen molar-refractivity contribution < 1.29 is 19.1 Å². The number of nitrogens with one attached hydrogen (secondary N) is 1. The summed E-state index contributed by atoms with van der Waals surface area (Å²) in [4.78, 5) is 28.1. The highest BCUT2D eigenvalue weighted by atomic mass is 32.2. The highest BCUT2D eigenvalue weighted by Gasteiger charge is 2.33. The lowest BCUT2D eigenvalue weighted by atomic mass is 10.00. The van der Waals surface area contributed by atoms with Gasteiger partial charge in [0.1, 0.15) is 0 Å². The average Bonchev–Trinajstić information content (AvgIpc) is 3.88. The average molecular weight is 681 g/mol. The molecule has 0 saturated heterocycles. The molecule has 0 saturated carbocycles. The second-order valence-corrected chi connectivity index (χ2v) is 13.3. The van der Waals surface area contributed by atoms with Gasteiger partial charge in [0.15, 0.2) is 22.5 Å². The molecule has 0 bridgehead atoms. The number of hydrogen-bond acceptors (Lipinski definition) is 9. The van der Waals surface area contributed by atoms with Crippen molar-refractivity contribution in [3.8, 4) is 17.2 Å². The molecular weight excluding hydrogens is 645 g/mol. The fourth-order valence-corrected chi connectivity index (χ4v) is 7.06. The number of thiophene rings is 1. The first-order valence-electron chi connectivity index (χ1n) is 15.4. The van der Waals surface area contributed by atoms with Crippen LogP contribution in [0.2, 0.25) is 0 Å².